The first-order valence-corrected chi connectivity index (χ1v) is 7.48. The third-order valence-corrected chi connectivity index (χ3v) is 4.89. The fraction of sp³-hybridized carbons (Fsp3) is 0.733. The first-order chi connectivity index (χ1) is 9.25. The van der Waals surface area contributed by atoms with Crippen LogP contribution in [0, 0.1) is 18.8 Å². The van der Waals surface area contributed by atoms with Crippen molar-refractivity contribution in [3.63, 3.8) is 0 Å². The van der Waals surface area contributed by atoms with Gasteiger partial charge < -0.3 is 9.84 Å². The molecule has 2 aliphatic rings. The zero-order valence-electron chi connectivity index (χ0n) is 11.5. The summed E-state index contributed by atoms with van der Waals surface area (Å²) >= 11 is 0. The molecule has 4 nitrogen and oxygen atoms in total. The quantitative estimate of drug-likeness (QED) is 0.891. The van der Waals surface area contributed by atoms with Crippen LogP contribution in [0.4, 0.5) is 0 Å². The minimum absolute atomic E-state index is 0.0185. The lowest BCUT2D eigenvalue weighted by molar-refractivity contribution is 0.0822. The first-order valence-electron chi connectivity index (χ1n) is 7.48. The van der Waals surface area contributed by atoms with Gasteiger partial charge in [0.25, 0.3) is 5.91 Å². The molecule has 0 aliphatic heterocycles. The molecule has 0 radical (unpaired) electrons. The Labute approximate surface area is 113 Å². The molecular formula is C15H22N2O2. The summed E-state index contributed by atoms with van der Waals surface area (Å²) in [4.78, 5) is 12.3. The molecule has 1 aromatic rings. The summed E-state index contributed by atoms with van der Waals surface area (Å²) in [5.41, 5.74) is 0.581. The van der Waals surface area contributed by atoms with Crippen LogP contribution in [0.15, 0.2) is 10.7 Å². The summed E-state index contributed by atoms with van der Waals surface area (Å²) in [6.07, 6.45) is 10.6. The lowest BCUT2D eigenvalue weighted by Gasteiger charge is -2.41. The van der Waals surface area contributed by atoms with E-state index in [1.165, 1.54) is 44.7 Å². The van der Waals surface area contributed by atoms with Crippen LogP contribution in [0.5, 0.6) is 0 Å². The van der Waals surface area contributed by atoms with Gasteiger partial charge in [-0.05, 0) is 31.6 Å². The van der Waals surface area contributed by atoms with Crippen LogP contribution < -0.4 is 5.32 Å². The van der Waals surface area contributed by atoms with Gasteiger partial charge in [-0.15, -0.1) is 0 Å². The van der Waals surface area contributed by atoms with Crippen molar-refractivity contribution in [1.82, 2.24) is 10.5 Å². The zero-order chi connectivity index (χ0) is 13.2. The van der Waals surface area contributed by atoms with E-state index in [9.17, 15) is 4.79 Å². The molecule has 0 aromatic carbocycles. The summed E-state index contributed by atoms with van der Waals surface area (Å²) < 4.78 is 4.97. The number of nitrogens with zero attached hydrogens (tertiary/aromatic N) is 1. The highest BCUT2D eigenvalue weighted by Gasteiger charge is 2.35. The van der Waals surface area contributed by atoms with E-state index < -0.39 is 0 Å². The lowest BCUT2D eigenvalue weighted by atomic mass is 9.68. The second kappa shape index (κ2) is 5.35. The number of nitrogens with one attached hydrogen (secondary N) is 1. The van der Waals surface area contributed by atoms with Crippen molar-refractivity contribution < 1.29 is 9.32 Å². The van der Waals surface area contributed by atoms with Crippen LogP contribution in [0.25, 0.3) is 0 Å². The third kappa shape index (κ3) is 2.53. The molecule has 2 aliphatic carbocycles. The fourth-order valence-electron chi connectivity index (χ4n) is 3.88. The average molecular weight is 262 g/mol. The molecule has 3 unspecified atom stereocenters. The molecule has 1 N–H and O–H groups in total. The molecule has 1 amide bonds. The topological polar surface area (TPSA) is 55.1 Å². The van der Waals surface area contributed by atoms with Crippen LogP contribution in [0.2, 0.25) is 0 Å². The van der Waals surface area contributed by atoms with E-state index in [4.69, 9.17) is 4.52 Å². The van der Waals surface area contributed by atoms with Crippen molar-refractivity contribution in [2.45, 2.75) is 57.9 Å². The Bertz CT molecular complexity index is 453. The van der Waals surface area contributed by atoms with Crippen LogP contribution in [-0.2, 0) is 0 Å². The van der Waals surface area contributed by atoms with E-state index >= 15 is 0 Å². The van der Waals surface area contributed by atoms with Gasteiger partial charge >= 0.3 is 0 Å². The van der Waals surface area contributed by atoms with Gasteiger partial charge in [0.05, 0.1) is 6.20 Å². The Morgan fingerprint density at radius 3 is 2.84 bits per heavy atom. The molecule has 1 aromatic heterocycles. The van der Waals surface area contributed by atoms with Crippen molar-refractivity contribution in [3.05, 3.63) is 17.5 Å². The van der Waals surface area contributed by atoms with E-state index in [0.29, 0.717) is 23.3 Å². The maximum Gasteiger partial charge on any atom is 0.256 e. The van der Waals surface area contributed by atoms with E-state index in [1.807, 2.05) is 0 Å². The van der Waals surface area contributed by atoms with Crippen molar-refractivity contribution in [2.75, 3.05) is 0 Å². The van der Waals surface area contributed by atoms with E-state index in [0.717, 1.165) is 12.3 Å². The van der Waals surface area contributed by atoms with Crippen molar-refractivity contribution in [2.24, 2.45) is 11.8 Å². The zero-order valence-corrected chi connectivity index (χ0v) is 11.5. The predicted octanol–water partition coefficient (Wildman–Crippen LogP) is 3.07. The SMILES string of the molecule is Cc1oncc1C(=O)NC1CCCC2CCCCC21. The van der Waals surface area contributed by atoms with Gasteiger partial charge in [0.1, 0.15) is 11.3 Å². The Morgan fingerprint density at radius 1 is 1.26 bits per heavy atom. The number of amides is 1. The number of rotatable bonds is 2. The highest BCUT2D eigenvalue weighted by atomic mass is 16.5. The number of hydrogen-bond acceptors (Lipinski definition) is 3. The summed E-state index contributed by atoms with van der Waals surface area (Å²) in [6, 6.07) is 0.348. The smallest absolute Gasteiger partial charge is 0.256 e. The molecule has 19 heavy (non-hydrogen) atoms. The molecule has 0 bridgehead atoms. The van der Waals surface area contributed by atoms with E-state index in [1.54, 1.807) is 6.92 Å². The monoisotopic (exact) mass is 262 g/mol. The number of aromatic nitrogens is 1. The highest BCUT2D eigenvalue weighted by molar-refractivity contribution is 5.94. The minimum atomic E-state index is -0.0185. The summed E-state index contributed by atoms with van der Waals surface area (Å²) in [7, 11) is 0. The first kappa shape index (κ1) is 12.7. The molecule has 1 heterocycles. The second-order valence-electron chi connectivity index (χ2n) is 6.01. The van der Waals surface area contributed by atoms with Gasteiger partial charge in [0.2, 0.25) is 0 Å². The normalized spacial score (nSPS) is 30.7. The Balaban J connectivity index is 1.68. The van der Waals surface area contributed by atoms with Crippen molar-refractivity contribution in [1.29, 1.82) is 0 Å². The molecule has 4 heteroatoms. The van der Waals surface area contributed by atoms with Crippen LogP contribution in [0.3, 0.4) is 0 Å². The molecule has 3 rings (SSSR count). The molecule has 0 saturated heterocycles. The molecule has 3 atom stereocenters. The lowest BCUT2D eigenvalue weighted by Crippen LogP contribution is -2.46. The molecular weight excluding hydrogens is 240 g/mol. The van der Waals surface area contributed by atoms with Crippen molar-refractivity contribution >= 4 is 5.91 Å². The largest absolute Gasteiger partial charge is 0.361 e. The van der Waals surface area contributed by atoms with Gasteiger partial charge in [-0.1, -0.05) is 37.3 Å². The van der Waals surface area contributed by atoms with Gasteiger partial charge in [0.15, 0.2) is 0 Å². The third-order valence-electron chi connectivity index (χ3n) is 4.89. The average Bonchev–Trinajstić information content (AvgIpc) is 2.85. The number of fused-ring (bicyclic) bond motifs is 1. The molecule has 104 valence electrons. The number of carbonyl (C=O) groups excluding carboxylic acids is 1. The fourth-order valence-corrected chi connectivity index (χ4v) is 3.88. The second-order valence-corrected chi connectivity index (χ2v) is 6.01. The van der Waals surface area contributed by atoms with Gasteiger partial charge in [-0.2, -0.15) is 0 Å². The maximum atomic E-state index is 12.3. The van der Waals surface area contributed by atoms with E-state index in [2.05, 4.69) is 10.5 Å². The number of aryl methyl sites for hydroxylation is 1. The minimum Gasteiger partial charge on any atom is -0.361 e. The van der Waals surface area contributed by atoms with Crippen LogP contribution in [0.1, 0.15) is 61.1 Å². The standard InChI is InChI=1S/C15H22N2O2/c1-10-13(9-16-19-10)15(18)17-14-8-4-6-11-5-2-3-7-12(11)14/h9,11-12,14H,2-8H2,1H3,(H,17,18). The summed E-state index contributed by atoms with van der Waals surface area (Å²) in [5, 5.41) is 6.90. The molecule has 0 spiro atoms. The van der Waals surface area contributed by atoms with Crippen molar-refractivity contribution in [3.8, 4) is 0 Å². The van der Waals surface area contributed by atoms with Crippen LogP contribution in [-0.4, -0.2) is 17.1 Å². The Morgan fingerprint density at radius 2 is 2.05 bits per heavy atom. The maximum absolute atomic E-state index is 12.3. The number of carbonyl (C=O) groups is 1. The number of hydrogen-bond donors (Lipinski definition) is 1. The molecule has 2 fully saturated rings. The van der Waals surface area contributed by atoms with Gasteiger partial charge in [0, 0.05) is 6.04 Å². The van der Waals surface area contributed by atoms with E-state index in [-0.39, 0.29) is 5.91 Å². The van der Waals surface area contributed by atoms with Gasteiger partial charge in [-0.3, -0.25) is 4.79 Å². The van der Waals surface area contributed by atoms with Gasteiger partial charge in [-0.25, -0.2) is 0 Å². The van der Waals surface area contributed by atoms with Crippen LogP contribution >= 0.6 is 0 Å². The molecule has 2 saturated carbocycles. The summed E-state index contributed by atoms with van der Waals surface area (Å²) in [6.45, 7) is 1.78. The predicted molar refractivity (Wildman–Crippen MR) is 71.8 cm³/mol. The highest BCUT2D eigenvalue weighted by Crippen LogP contribution is 2.40. The summed E-state index contributed by atoms with van der Waals surface area (Å²) in [5.74, 6) is 2.10. The Kier molecular flexibility index (Phi) is 3.58. The Hall–Kier alpha value is -1.32.